The fraction of sp³-hybridized carbons (Fsp3) is 0.440. The SMILES string of the molecule is O=C(C[n+]1ccccc1/C=C/c1ccc([N+](=O)[O-])cc1)C12CC3CC(CC(C3)C1)C2. The summed E-state index contributed by atoms with van der Waals surface area (Å²) in [6, 6.07) is 12.4. The van der Waals surface area contributed by atoms with Crippen molar-refractivity contribution in [3.63, 3.8) is 0 Å². The van der Waals surface area contributed by atoms with Gasteiger partial charge in [0.05, 0.1) is 4.92 Å². The van der Waals surface area contributed by atoms with Crippen LogP contribution < -0.4 is 4.57 Å². The number of nitro groups is 1. The average Bonchev–Trinajstić information content (AvgIpc) is 2.72. The van der Waals surface area contributed by atoms with E-state index in [4.69, 9.17) is 0 Å². The van der Waals surface area contributed by atoms with Crippen molar-refractivity contribution >= 4 is 23.6 Å². The van der Waals surface area contributed by atoms with Crippen molar-refractivity contribution in [2.45, 2.75) is 45.1 Å². The van der Waals surface area contributed by atoms with Gasteiger partial charge in [0, 0.05) is 35.8 Å². The number of hydrogen-bond acceptors (Lipinski definition) is 3. The number of rotatable bonds is 6. The Balaban J connectivity index is 1.34. The summed E-state index contributed by atoms with van der Waals surface area (Å²) in [6.45, 7) is 0.424. The number of non-ortho nitro benzene ring substituents is 1. The van der Waals surface area contributed by atoms with Crippen LogP contribution in [-0.2, 0) is 11.3 Å². The molecule has 4 saturated carbocycles. The smallest absolute Gasteiger partial charge is 0.269 e. The van der Waals surface area contributed by atoms with E-state index in [1.807, 2.05) is 41.1 Å². The van der Waals surface area contributed by atoms with Crippen LogP contribution in [0.25, 0.3) is 12.2 Å². The summed E-state index contributed by atoms with van der Waals surface area (Å²) in [5.74, 6) is 2.70. The lowest BCUT2D eigenvalue weighted by Crippen LogP contribution is -2.54. The first-order valence-corrected chi connectivity index (χ1v) is 11.0. The van der Waals surface area contributed by atoms with Crippen LogP contribution >= 0.6 is 0 Å². The van der Waals surface area contributed by atoms with Crippen molar-refractivity contribution in [3.05, 3.63) is 70.0 Å². The maximum Gasteiger partial charge on any atom is 0.269 e. The van der Waals surface area contributed by atoms with Crippen molar-refractivity contribution in [1.82, 2.24) is 0 Å². The topological polar surface area (TPSA) is 64.1 Å². The van der Waals surface area contributed by atoms with Crippen LogP contribution in [0.5, 0.6) is 0 Å². The number of hydrogen-bond donors (Lipinski definition) is 0. The van der Waals surface area contributed by atoms with Crippen LogP contribution in [0, 0.1) is 33.3 Å². The zero-order valence-corrected chi connectivity index (χ0v) is 17.1. The predicted octanol–water partition coefficient (Wildman–Crippen LogP) is 4.84. The van der Waals surface area contributed by atoms with Crippen molar-refractivity contribution in [2.75, 3.05) is 0 Å². The van der Waals surface area contributed by atoms with Crippen LogP contribution in [0.15, 0.2) is 48.7 Å². The summed E-state index contributed by atoms with van der Waals surface area (Å²) < 4.78 is 2.04. The molecule has 0 N–H and O–H groups in total. The number of Topliss-reactive ketones (excluding diaryl/α,β-unsaturated/α-hetero) is 1. The molecule has 0 aliphatic heterocycles. The third kappa shape index (κ3) is 3.57. The Kier molecular flexibility index (Phi) is 4.76. The summed E-state index contributed by atoms with van der Waals surface area (Å²) in [4.78, 5) is 23.9. The normalized spacial score (nSPS) is 29.4. The monoisotopic (exact) mass is 403 g/mol. The lowest BCUT2D eigenvalue weighted by Gasteiger charge is -2.55. The number of nitro benzene ring substituents is 1. The molecule has 4 fully saturated rings. The Labute approximate surface area is 176 Å². The second kappa shape index (κ2) is 7.46. The van der Waals surface area contributed by atoms with E-state index in [1.54, 1.807) is 12.1 Å². The zero-order valence-electron chi connectivity index (χ0n) is 17.1. The number of benzene rings is 1. The van der Waals surface area contributed by atoms with Crippen molar-refractivity contribution in [3.8, 4) is 0 Å². The number of nitrogens with zero attached hydrogens (tertiary/aromatic N) is 2. The fourth-order valence-corrected chi connectivity index (χ4v) is 6.45. The van der Waals surface area contributed by atoms with E-state index in [0.29, 0.717) is 12.3 Å². The van der Waals surface area contributed by atoms with Crippen LogP contribution in [0.3, 0.4) is 0 Å². The molecule has 5 heteroatoms. The number of ketones is 1. The standard InChI is InChI=1S/C25H27N2O3/c28-24(25-14-19-11-20(15-25)13-21(12-19)16-25)17-26-10-2-1-3-22(26)7-4-18-5-8-23(9-6-18)27(29)30/h1-10,19-21H,11-17H2/q+1/b7-4+. The van der Waals surface area contributed by atoms with Crippen molar-refractivity contribution in [1.29, 1.82) is 0 Å². The minimum Gasteiger partial charge on any atom is -0.292 e. The molecule has 6 rings (SSSR count). The minimum absolute atomic E-state index is 0.0862. The highest BCUT2D eigenvalue weighted by atomic mass is 16.6. The molecule has 1 aromatic carbocycles. The highest BCUT2D eigenvalue weighted by Gasteiger charge is 2.55. The number of carbonyl (C=O) groups excluding carboxylic acids is 1. The van der Waals surface area contributed by atoms with Gasteiger partial charge in [0.2, 0.25) is 18.0 Å². The van der Waals surface area contributed by atoms with Gasteiger partial charge in [0.15, 0.2) is 6.20 Å². The second-order valence-electron chi connectivity index (χ2n) is 9.56. The Bertz CT molecular complexity index is 974. The Morgan fingerprint density at radius 3 is 2.23 bits per heavy atom. The van der Waals surface area contributed by atoms with Gasteiger partial charge in [0.25, 0.3) is 5.69 Å². The van der Waals surface area contributed by atoms with Gasteiger partial charge < -0.3 is 0 Å². The Hall–Kier alpha value is -2.82. The summed E-state index contributed by atoms with van der Waals surface area (Å²) in [5.41, 5.74) is 1.86. The Morgan fingerprint density at radius 2 is 1.63 bits per heavy atom. The predicted molar refractivity (Wildman–Crippen MR) is 114 cm³/mol. The molecule has 0 saturated heterocycles. The summed E-state index contributed by atoms with van der Waals surface area (Å²) in [7, 11) is 0. The summed E-state index contributed by atoms with van der Waals surface area (Å²) in [6.07, 6.45) is 13.2. The summed E-state index contributed by atoms with van der Waals surface area (Å²) in [5, 5.41) is 10.8. The fourth-order valence-electron chi connectivity index (χ4n) is 6.45. The molecule has 0 atom stereocenters. The van der Waals surface area contributed by atoms with E-state index in [1.165, 1.54) is 31.4 Å². The van der Waals surface area contributed by atoms with Crippen LogP contribution in [0.2, 0.25) is 0 Å². The number of aromatic nitrogens is 1. The molecule has 0 unspecified atom stereocenters. The van der Waals surface area contributed by atoms with Crippen LogP contribution in [0.1, 0.15) is 49.8 Å². The van der Waals surface area contributed by atoms with Gasteiger partial charge in [-0.2, -0.15) is 4.57 Å². The highest BCUT2D eigenvalue weighted by molar-refractivity contribution is 5.84. The highest BCUT2D eigenvalue weighted by Crippen LogP contribution is 2.60. The minimum atomic E-state index is -0.394. The molecule has 5 nitrogen and oxygen atoms in total. The van der Waals surface area contributed by atoms with E-state index < -0.39 is 4.92 Å². The maximum atomic E-state index is 13.5. The number of carbonyl (C=O) groups is 1. The van der Waals surface area contributed by atoms with Gasteiger partial charge in [-0.05, 0) is 86.1 Å². The number of pyridine rings is 1. The second-order valence-corrected chi connectivity index (χ2v) is 9.56. The molecule has 30 heavy (non-hydrogen) atoms. The summed E-state index contributed by atoms with van der Waals surface area (Å²) >= 11 is 0. The van der Waals surface area contributed by atoms with E-state index in [2.05, 4.69) is 0 Å². The average molecular weight is 404 g/mol. The molecule has 4 aliphatic carbocycles. The molecule has 0 spiro atoms. The molecule has 1 heterocycles. The van der Waals surface area contributed by atoms with E-state index in [0.717, 1.165) is 48.3 Å². The molecule has 0 amide bonds. The maximum absolute atomic E-state index is 13.5. The molecule has 4 aliphatic rings. The lowest BCUT2D eigenvalue weighted by molar-refractivity contribution is -0.686. The van der Waals surface area contributed by atoms with E-state index in [-0.39, 0.29) is 11.1 Å². The van der Waals surface area contributed by atoms with Gasteiger partial charge in [-0.25, -0.2) is 0 Å². The lowest BCUT2D eigenvalue weighted by atomic mass is 9.48. The molecule has 1 aromatic heterocycles. The van der Waals surface area contributed by atoms with Gasteiger partial charge in [-0.15, -0.1) is 0 Å². The largest absolute Gasteiger partial charge is 0.292 e. The molecule has 4 bridgehead atoms. The van der Waals surface area contributed by atoms with E-state index in [9.17, 15) is 14.9 Å². The molecule has 154 valence electrons. The third-order valence-electron chi connectivity index (χ3n) is 7.47. The molecular weight excluding hydrogens is 376 g/mol. The Morgan fingerprint density at radius 1 is 1.00 bits per heavy atom. The quantitative estimate of drug-likeness (QED) is 0.394. The van der Waals surface area contributed by atoms with E-state index >= 15 is 0 Å². The van der Waals surface area contributed by atoms with Gasteiger partial charge in [0.1, 0.15) is 0 Å². The van der Waals surface area contributed by atoms with Gasteiger partial charge in [-0.3, -0.25) is 14.9 Å². The molecule has 0 radical (unpaired) electrons. The zero-order chi connectivity index (χ0) is 20.7. The molecular formula is C25H27N2O3+. The van der Waals surface area contributed by atoms with Crippen molar-refractivity contribution in [2.24, 2.45) is 23.2 Å². The first kappa shape index (κ1) is 19.2. The van der Waals surface area contributed by atoms with Gasteiger partial charge >= 0.3 is 0 Å². The molecule has 2 aromatic rings. The third-order valence-corrected chi connectivity index (χ3v) is 7.47. The first-order chi connectivity index (χ1) is 14.5. The van der Waals surface area contributed by atoms with Crippen LogP contribution in [0.4, 0.5) is 5.69 Å². The first-order valence-electron chi connectivity index (χ1n) is 11.0. The van der Waals surface area contributed by atoms with Gasteiger partial charge in [-0.1, -0.05) is 0 Å². The van der Waals surface area contributed by atoms with Crippen molar-refractivity contribution < 1.29 is 14.3 Å². The van der Waals surface area contributed by atoms with Crippen LogP contribution in [-0.4, -0.2) is 10.7 Å².